The average molecular weight is 308 g/mol. The van der Waals surface area contributed by atoms with Crippen LogP contribution in [0, 0.1) is 19.7 Å². The Labute approximate surface area is 115 Å². The Morgan fingerprint density at radius 2 is 1.72 bits per heavy atom. The Morgan fingerprint density at radius 1 is 1.06 bits per heavy atom. The summed E-state index contributed by atoms with van der Waals surface area (Å²) < 4.78 is 13.9. The highest BCUT2D eigenvalue weighted by atomic mass is 79.9. The zero-order valence-electron chi connectivity index (χ0n) is 10.4. The van der Waals surface area contributed by atoms with Gasteiger partial charge in [-0.15, -0.1) is 0 Å². The summed E-state index contributed by atoms with van der Waals surface area (Å²) in [4.78, 5) is 0. The monoisotopic (exact) mass is 307 g/mol. The fourth-order valence-electron chi connectivity index (χ4n) is 1.93. The molecule has 0 saturated heterocycles. The van der Waals surface area contributed by atoms with E-state index in [9.17, 15) is 4.39 Å². The van der Waals surface area contributed by atoms with Crippen molar-refractivity contribution in [1.82, 2.24) is 0 Å². The second-order valence-electron chi connectivity index (χ2n) is 4.48. The normalized spacial score (nSPS) is 10.4. The van der Waals surface area contributed by atoms with Crippen molar-refractivity contribution in [2.75, 3.05) is 5.32 Å². The van der Waals surface area contributed by atoms with E-state index in [2.05, 4.69) is 53.3 Å². The third kappa shape index (κ3) is 3.33. The van der Waals surface area contributed by atoms with Crippen LogP contribution in [-0.4, -0.2) is 0 Å². The lowest BCUT2D eigenvalue weighted by Gasteiger charge is -2.09. The van der Waals surface area contributed by atoms with Gasteiger partial charge >= 0.3 is 0 Å². The van der Waals surface area contributed by atoms with Gasteiger partial charge in [0.25, 0.3) is 0 Å². The second-order valence-corrected chi connectivity index (χ2v) is 5.33. The predicted molar refractivity (Wildman–Crippen MR) is 77.3 cm³/mol. The standard InChI is InChI=1S/C15H15BrFN/c1-10-5-11(2)7-13(6-10)18-9-12-3-4-14(16)15(17)8-12/h3-8,18H,9H2,1-2H3. The van der Waals surface area contributed by atoms with Crippen LogP contribution in [0.25, 0.3) is 0 Å². The molecule has 3 heteroatoms. The minimum Gasteiger partial charge on any atom is -0.381 e. The minimum absolute atomic E-state index is 0.227. The maximum absolute atomic E-state index is 13.4. The summed E-state index contributed by atoms with van der Waals surface area (Å²) in [6, 6.07) is 11.5. The highest BCUT2D eigenvalue weighted by molar-refractivity contribution is 9.10. The second kappa shape index (κ2) is 5.53. The molecule has 0 aliphatic heterocycles. The Kier molecular flexibility index (Phi) is 4.02. The van der Waals surface area contributed by atoms with Gasteiger partial charge in [-0.3, -0.25) is 0 Å². The molecule has 0 spiro atoms. The van der Waals surface area contributed by atoms with Gasteiger partial charge < -0.3 is 5.32 Å². The number of aryl methyl sites for hydroxylation is 2. The highest BCUT2D eigenvalue weighted by Gasteiger charge is 2.01. The first-order valence-electron chi connectivity index (χ1n) is 5.81. The van der Waals surface area contributed by atoms with Gasteiger partial charge in [0, 0.05) is 12.2 Å². The molecule has 2 aromatic rings. The molecule has 0 atom stereocenters. The number of anilines is 1. The van der Waals surface area contributed by atoms with E-state index in [0.29, 0.717) is 11.0 Å². The van der Waals surface area contributed by atoms with Crippen molar-refractivity contribution in [1.29, 1.82) is 0 Å². The van der Waals surface area contributed by atoms with E-state index in [-0.39, 0.29) is 5.82 Å². The molecule has 1 N–H and O–H groups in total. The van der Waals surface area contributed by atoms with Gasteiger partial charge in [0.2, 0.25) is 0 Å². The first-order chi connectivity index (χ1) is 8.54. The largest absolute Gasteiger partial charge is 0.381 e. The summed E-state index contributed by atoms with van der Waals surface area (Å²) in [6.07, 6.45) is 0. The topological polar surface area (TPSA) is 12.0 Å². The molecule has 1 nitrogen and oxygen atoms in total. The minimum atomic E-state index is -0.227. The Hall–Kier alpha value is -1.35. The first-order valence-corrected chi connectivity index (χ1v) is 6.60. The molecule has 0 heterocycles. The lowest BCUT2D eigenvalue weighted by Crippen LogP contribution is -2.00. The third-order valence-electron chi connectivity index (χ3n) is 2.70. The SMILES string of the molecule is Cc1cc(C)cc(NCc2ccc(Br)c(F)c2)c1. The molecule has 0 unspecified atom stereocenters. The molecule has 0 fully saturated rings. The van der Waals surface area contributed by atoms with Crippen molar-refractivity contribution in [2.45, 2.75) is 20.4 Å². The zero-order chi connectivity index (χ0) is 13.1. The van der Waals surface area contributed by atoms with E-state index in [0.717, 1.165) is 11.3 Å². The van der Waals surface area contributed by atoms with Crippen molar-refractivity contribution in [3.63, 3.8) is 0 Å². The van der Waals surface area contributed by atoms with Crippen LogP contribution in [0.1, 0.15) is 16.7 Å². The van der Waals surface area contributed by atoms with Gasteiger partial charge in [0.05, 0.1) is 4.47 Å². The molecule has 2 rings (SSSR count). The van der Waals surface area contributed by atoms with E-state index in [1.165, 1.54) is 11.1 Å². The van der Waals surface area contributed by atoms with Gasteiger partial charge in [-0.25, -0.2) is 4.39 Å². The smallest absolute Gasteiger partial charge is 0.137 e. The maximum atomic E-state index is 13.4. The van der Waals surface area contributed by atoms with Gasteiger partial charge in [0.1, 0.15) is 5.82 Å². The van der Waals surface area contributed by atoms with Gasteiger partial charge in [0.15, 0.2) is 0 Å². The molecule has 94 valence electrons. The molecule has 0 bridgehead atoms. The van der Waals surface area contributed by atoms with Gasteiger partial charge in [-0.1, -0.05) is 12.1 Å². The molecule has 0 amide bonds. The summed E-state index contributed by atoms with van der Waals surface area (Å²) in [7, 11) is 0. The van der Waals surface area contributed by atoms with Crippen molar-refractivity contribution >= 4 is 21.6 Å². The van der Waals surface area contributed by atoms with Crippen LogP contribution < -0.4 is 5.32 Å². The van der Waals surface area contributed by atoms with Crippen molar-refractivity contribution < 1.29 is 4.39 Å². The van der Waals surface area contributed by atoms with E-state index in [1.54, 1.807) is 12.1 Å². The molecule has 0 aliphatic rings. The van der Waals surface area contributed by atoms with E-state index in [4.69, 9.17) is 0 Å². The van der Waals surface area contributed by atoms with Crippen LogP contribution in [0.5, 0.6) is 0 Å². The van der Waals surface area contributed by atoms with Crippen molar-refractivity contribution in [3.8, 4) is 0 Å². The quantitative estimate of drug-likeness (QED) is 0.857. The summed E-state index contributed by atoms with van der Waals surface area (Å²) >= 11 is 3.15. The van der Waals surface area contributed by atoms with Gasteiger partial charge in [-0.2, -0.15) is 0 Å². The van der Waals surface area contributed by atoms with Crippen LogP contribution in [-0.2, 0) is 6.54 Å². The fourth-order valence-corrected chi connectivity index (χ4v) is 2.18. The summed E-state index contributed by atoms with van der Waals surface area (Å²) in [5.41, 5.74) is 4.43. The van der Waals surface area contributed by atoms with E-state index in [1.807, 2.05) is 6.07 Å². The van der Waals surface area contributed by atoms with E-state index >= 15 is 0 Å². The van der Waals surface area contributed by atoms with Crippen LogP contribution in [0.15, 0.2) is 40.9 Å². The van der Waals surface area contributed by atoms with Gasteiger partial charge in [-0.05, 0) is 70.7 Å². The molecule has 0 aliphatic carbocycles. The Bertz CT molecular complexity index is 546. The third-order valence-corrected chi connectivity index (χ3v) is 3.35. The summed E-state index contributed by atoms with van der Waals surface area (Å²) in [5, 5.41) is 3.31. The number of rotatable bonds is 3. The van der Waals surface area contributed by atoms with Crippen LogP contribution in [0.4, 0.5) is 10.1 Å². The van der Waals surface area contributed by atoms with Crippen molar-refractivity contribution in [2.24, 2.45) is 0 Å². The van der Waals surface area contributed by atoms with Crippen LogP contribution in [0.3, 0.4) is 0 Å². The molecule has 18 heavy (non-hydrogen) atoms. The summed E-state index contributed by atoms with van der Waals surface area (Å²) in [6.45, 7) is 4.75. The molecule has 0 saturated carbocycles. The van der Waals surface area contributed by atoms with Crippen molar-refractivity contribution in [3.05, 3.63) is 63.4 Å². The molecular formula is C15H15BrFN. The molecule has 2 aromatic carbocycles. The Balaban J connectivity index is 2.08. The highest BCUT2D eigenvalue weighted by Crippen LogP contribution is 2.18. The predicted octanol–water partition coefficient (Wildman–Crippen LogP) is 4.82. The average Bonchev–Trinajstić information content (AvgIpc) is 2.29. The molecular weight excluding hydrogens is 293 g/mol. The van der Waals surface area contributed by atoms with Crippen LogP contribution >= 0.6 is 15.9 Å². The van der Waals surface area contributed by atoms with E-state index < -0.39 is 0 Å². The Morgan fingerprint density at radius 3 is 2.33 bits per heavy atom. The first kappa shape index (κ1) is 13.1. The summed E-state index contributed by atoms with van der Waals surface area (Å²) in [5.74, 6) is -0.227. The number of benzene rings is 2. The number of halogens is 2. The molecule has 0 aromatic heterocycles. The maximum Gasteiger partial charge on any atom is 0.137 e. The number of hydrogen-bond donors (Lipinski definition) is 1. The number of hydrogen-bond acceptors (Lipinski definition) is 1. The lowest BCUT2D eigenvalue weighted by molar-refractivity contribution is 0.619. The lowest BCUT2D eigenvalue weighted by atomic mass is 10.1. The zero-order valence-corrected chi connectivity index (χ0v) is 12.0. The molecule has 0 radical (unpaired) electrons. The fraction of sp³-hybridized carbons (Fsp3) is 0.200. The number of nitrogens with one attached hydrogen (secondary N) is 1. The van der Waals surface area contributed by atoms with Crippen LogP contribution in [0.2, 0.25) is 0 Å².